The van der Waals surface area contributed by atoms with Gasteiger partial charge in [0.2, 0.25) is 0 Å². The highest BCUT2D eigenvalue weighted by molar-refractivity contribution is 5.70. The molecular weight excluding hydrogens is 576 g/mol. The van der Waals surface area contributed by atoms with E-state index in [4.69, 9.17) is 18.9 Å². The Balaban J connectivity index is 2.15. The van der Waals surface area contributed by atoms with Gasteiger partial charge >= 0.3 is 5.97 Å². The van der Waals surface area contributed by atoms with E-state index < -0.39 is 48.3 Å². The fourth-order valence-corrected chi connectivity index (χ4v) is 5.71. The number of methoxy groups -OCH3 is 2. The van der Waals surface area contributed by atoms with Crippen LogP contribution < -0.4 is 4.74 Å². The number of aliphatic hydroxyl groups excluding tert-OH is 4. The number of rotatable bonds is 7. The van der Waals surface area contributed by atoms with E-state index in [2.05, 4.69) is 0 Å². The molecule has 45 heavy (non-hydrogen) atoms. The fraction of sp³-hybridized carbons (Fsp3) is 0.694. The van der Waals surface area contributed by atoms with Crippen molar-refractivity contribution < 1.29 is 44.2 Å². The maximum absolute atomic E-state index is 13.1. The summed E-state index contributed by atoms with van der Waals surface area (Å²) in [6.07, 6.45) is 6.99. The lowest BCUT2D eigenvalue weighted by atomic mass is 9.81. The van der Waals surface area contributed by atoms with Gasteiger partial charge in [-0.3, -0.25) is 4.79 Å². The number of allylic oxidation sites excluding steroid dienone is 3. The molecule has 256 valence electrons. The Labute approximate surface area is 270 Å². The van der Waals surface area contributed by atoms with Crippen LogP contribution >= 0.6 is 0 Å². The summed E-state index contributed by atoms with van der Waals surface area (Å²) < 4.78 is 22.6. The Hall–Kier alpha value is -2.27. The molecule has 1 aromatic carbocycles. The predicted octanol–water partition coefficient (Wildman–Crippen LogP) is 4.98. The number of ether oxygens (including phenoxy) is 4. The van der Waals surface area contributed by atoms with Crippen molar-refractivity contribution in [3.63, 3.8) is 0 Å². The maximum atomic E-state index is 13.1. The topological polar surface area (TPSA) is 135 Å². The quantitative estimate of drug-likeness (QED) is 0.306. The van der Waals surface area contributed by atoms with Gasteiger partial charge in [-0.25, -0.2) is 0 Å². The van der Waals surface area contributed by atoms with Crippen molar-refractivity contribution in [2.75, 3.05) is 20.8 Å². The zero-order chi connectivity index (χ0) is 33.4. The Morgan fingerprint density at radius 3 is 2.22 bits per heavy atom. The van der Waals surface area contributed by atoms with Crippen molar-refractivity contribution in [1.82, 2.24) is 0 Å². The summed E-state index contributed by atoms with van der Waals surface area (Å²) in [6, 6.07) is 7.58. The SMILES string of the molecule is COc1ccc(COC[C@@H](C)[C@@H]2C[C@H](O)CCC[C@H](OC)C/C=C\C=C\C[C@H](C)[C@@H](O)[C@H](C)[C@@H](O)[C@H](C)[C@H](O)CC(=O)O2)cc1. The molecule has 10 atom stereocenters. The average Bonchev–Trinajstić information content (AvgIpc) is 3.03. The summed E-state index contributed by atoms with van der Waals surface area (Å²) in [5, 5.41) is 43.7. The largest absolute Gasteiger partial charge is 0.497 e. The second kappa shape index (κ2) is 20.8. The van der Waals surface area contributed by atoms with Crippen LogP contribution in [0, 0.1) is 23.7 Å². The van der Waals surface area contributed by atoms with Crippen molar-refractivity contribution in [3.05, 3.63) is 54.1 Å². The molecule has 4 N–H and O–H groups in total. The highest BCUT2D eigenvalue weighted by Gasteiger charge is 2.35. The molecule has 1 heterocycles. The molecule has 1 aliphatic heterocycles. The Morgan fingerprint density at radius 2 is 1.58 bits per heavy atom. The van der Waals surface area contributed by atoms with E-state index in [1.54, 1.807) is 28.1 Å². The Morgan fingerprint density at radius 1 is 0.911 bits per heavy atom. The second-order valence-corrected chi connectivity index (χ2v) is 12.8. The van der Waals surface area contributed by atoms with Gasteiger partial charge in [-0.1, -0.05) is 64.1 Å². The van der Waals surface area contributed by atoms with Gasteiger partial charge in [-0.15, -0.1) is 0 Å². The summed E-state index contributed by atoms with van der Waals surface area (Å²) in [7, 11) is 3.30. The molecule has 0 saturated carbocycles. The minimum atomic E-state index is -1.17. The number of hydrogen-bond donors (Lipinski definition) is 4. The van der Waals surface area contributed by atoms with E-state index in [-0.39, 0.29) is 30.8 Å². The van der Waals surface area contributed by atoms with Crippen LogP contribution in [-0.4, -0.2) is 83.8 Å². The molecular formula is C36H58O9. The molecule has 2 rings (SSSR count). The zero-order valence-electron chi connectivity index (χ0n) is 28.1. The molecule has 0 aliphatic carbocycles. The zero-order valence-corrected chi connectivity index (χ0v) is 28.1. The number of benzene rings is 1. The van der Waals surface area contributed by atoms with Crippen molar-refractivity contribution in [1.29, 1.82) is 0 Å². The minimum absolute atomic E-state index is 0.0187. The molecule has 0 saturated heterocycles. The van der Waals surface area contributed by atoms with Crippen LogP contribution in [0.3, 0.4) is 0 Å². The highest BCUT2D eigenvalue weighted by Crippen LogP contribution is 2.27. The highest BCUT2D eigenvalue weighted by atomic mass is 16.5. The molecule has 0 aromatic heterocycles. The second-order valence-electron chi connectivity index (χ2n) is 12.8. The first-order chi connectivity index (χ1) is 21.5. The minimum Gasteiger partial charge on any atom is -0.497 e. The van der Waals surface area contributed by atoms with Crippen LogP contribution in [0.4, 0.5) is 0 Å². The summed E-state index contributed by atoms with van der Waals surface area (Å²) in [5.74, 6) is -1.38. The van der Waals surface area contributed by atoms with Gasteiger partial charge in [-0.05, 0) is 55.7 Å². The summed E-state index contributed by atoms with van der Waals surface area (Å²) in [6.45, 7) is 7.94. The van der Waals surface area contributed by atoms with Crippen LogP contribution in [0.1, 0.15) is 78.2 Å². The monoisotopic (exact) mass is 634 g/mol. The maximum Gasteiger partial charge on any atom is 0.308 e. The van der Waals surface area contributed by atoms with Crippen LogP contribution in [0.25, 0.3) is 0 Å². The molecule has 0 unspecified atom stereocenters. The van der Waals surface area contributed by atoms with Gasteiger partial charge in [0.25, 0.3) is 0 Å². The number of aliphatic hydroxyl groups is 4. The van der Waals surface area contributed by atoms with E-state index in [9.17, 15) is 25.2 Å². The smallest absolute Gasteiger partial charge is 0.308 e. The third kappa shape index (κ3) is 13.9. The van der Waals surface area contributed by atoms with Gasteiger partial charge in [0.05, 0.1) is 57.3 Å². The summed E-state index contributed by atoms with van der Waals surface area (Å²) >= 11 is 0. The van der Waals surface area contributed by atoms with Crippen LogP contribution in [0.5, 0.6) is 5.75 Å². The molecule has 0 bridgehead atoms. The molecule has 9 nitrogen and oxygen atoms in total. The average molecular weight is 635 g/mol. The van der Waals surface area contributed by atoms with E-state index in [0.717, 1.165) is 30.6 Å². The van der Waals surface area contributed by atoms with Crippen LogP contribution in [-0.2, 0) is 25.6 Å². The van der Waals surface area contributed by atoms with E-state index in [1.165, 1.54) is 0 Å². The first-order valence-electron chi connectivity index (χ1n) is 16.4. The van der Waals surface area contributed by atoms with Gasteiger partial charge in [0.1, 0.15) is 11.9 Å². The van der Waals surface area contributed by atoms with Crippen molar-refractivity contribution in [2.24, 2.45) is 23.7 Å². The molecule has 0 amide bonds. The lowest BCUT2D eigenvalue weighted by molar-refractivity contribution is -0.159. The van der Waals surface area contributed by atoms with Crippen molar-refractivity contribution in [2.45, 2.75) is 116 Å². The van der Waals surface area contributed by atoms with Crippen LogP contribution in [0.2, 0.25) is 0 Å². The van der Waals surface area contributed by atoms with Gasteiger partial charge in [0, 0.05) is 31.3 Å². The summed E-state index contributed by atoms with van der Waals surface area (Å²) in [5.41, 5.74) is 0.977. The van der Waals surface area contributed by atoms with E-state index in [1.807, 2.05) is 62.4 Å². The standard InChI is InChI=1S/C36H58O9/c1-24-12-9-7-8-10-14-30(42-5)15-11-13-29(37)20-33(25(2)22-44-23-28-16-18-31(43-6)19-17-28)45-34(39)21-32(38)26(3)36(41)27(4)35(24)40/h7-10,16-19,24-27,29-30,32-33,35-38,40-41H,11-15,20-23H2,1-6H3/b9-7+,10-8-/t24-,25+,26+,27-,29+,30+,32+,33-,35+,36-/m0/s1. The van der Waals surface area contributed by atoms with Crippen molar-refractivity contribution in [3.8, 4) is 5.75 Å². The van der Waals surface area contributed by atoms with Gasteiger partial charge in [-0.2, -0.15) is 0 Å². The molecule has 1 aromatic rings. The third-order valence-corrected chi connectivity index (χ3v) is 9.10. The molecule has 9 heteroatoms. The number of cyclic esters (lactones) is 1. The molecule has 0 spiro atoms. The fourth-order valence-electron chi connectivity index (χ4n) is 5.71. The number of carbonyl (C=O) groups is 1. The van der Waals surface area contributed by atoms with Gasteiger partial charge in [0.15, 0.2) is 0 Å². The normalized spacial score (nSPS) is 34.0. The number of carbonyl (C=O) groups excluding carboxylic acids is 1. The van der Waals surface area contributed by atoms with E-state index >= 15 is 0 Å². The first kappa shape index (κ1) is 38.9. The van der Waals surface area contributed by atoms with Crippen molar-refractivity contribution >= 4 is 5.97 Å². The Bertz CT molecular complexity index is 1010. The Kier molecular flexibility index (Phi) is 18.0. The lowest BCUT2D eigenvalue weighted by Crippen LogP contribution is -2.42. The molecule has 0 radical (unpaired) electrons. The third-order valence-electron chi connectivity index (χ3n) is 9.10. The number of esters is 1. The van der Waals surface area contributed by atoms with Gasteiger partial charge < -0.3 is 39.4 Å². The number of hydrogen-bond acceptors (Lipinski definition) is 9. The predicted molar refractivity (Wildman–Crippen MR) is 175 cm³/mol. The van der Waals surface area contributed by atoms with E-state index in [0.29, 0.717) is 26.1 Å². The molecule has 1 aliphatic rings. The lowest BCUT2D eigenvalue weighted by Gasteiger charge is -2.33. The first-order valence-corrected chi connectivity index (χ1v) is 16.4. The van der Waals surface area contributed by atoms with Crippen LogP contribution in [0.15, 0.2) is 48.6 Å². The summed E-state index contributed by atoms with van der Waals surface area (Å²) in [4.78, 5) is 13.1. The molecule has 0 fully saturated rings.